The minimum atomic E-state index is -0.355. The maximum atomic E-state index is 10.8. The molecule has 1 unspecified atom stereocenters. The van der Waals surface area contributed by atoms with Crippen molar-refractivity contribution in [1.29, 1.82) is 0 Å². The van der Waals surface area contributed by atoms with E-state index in [0.717, 1.165) is 18.6 Å². The lowest BCUT2D eigenvalue weighted by molar-refractivity contribution is 0.0451. The molecule has 1 aliphatic heterocycles. The summed E-state index contributed by atoms with van der Waals surface area (Å²) in [7, 11) is 1.66. The van der Waals surface area contributed by atoms with Crippen LogP contribution < -0.4 is 10.1 Å². The molecule has 1 aromatic carbocycles. The summed E-state index contributed by atoms with van der Waals surface area (Å²) in [4.78, 5) is 10.8. The molecule has 104 valence electrons. The molecule has 1 aromatic rings. The SMILES string of the molecule is COc1ccc(CCCOCC2CNC(=O)O2)cc1. The third-order valence-corrected chi connectivity index (χ3v) is 2.96. The van der Waals surface area contributed by atoms with Crippen molar-refractivity contribution in [1.82, 2.24) is 5.32 Å². The Morgan fingerprint density at radius 3 is 2.79 bits per heavy atom. The molecule has 1 aliphatic rings. The second-order valence-corrected chi connectivity index (χ2v) is 4.43. The van der Waals surface area contributed by atoms with Crippen molar-refractivity contribution in [3.63, 3.8) is 0 Å². The number of nitrogens with one attached hydrogen (secondary N) is 1. The van der Waals surface area contributed by atoms with Crippen LogP contribution in [-0.4, -0.2) is 39.1 Å². The van der Waals surface area contributed by atoms with Crippen molar-refractivity contribution < 1.29 is 19.0 Å². The molecular weight excluding hydrogens is 246 g/mol. The minimum Gasteiger partial charge on any atom is -0.497 e. The first-order valence-electron chi connectivity index (χ1n) is 6.43. The second-order valence-electron chi connectivity index (χ2n) is 4.43. The summed E-state index contributed by atoms with van der Waals surface area (Å²) in [6.45, 7) is 1.67. The molecule has 1 atom stereocenters. The van der Waals surface area contributed by atoms with Gasteiger partial charge in [-0.05, 0) is 30.5 Å². The fourth-order valence-electron chi connectivity index (χ4n) is 1.91. The maximum Gasteiger partial charge on any atom is 0.407 e. The normalized spacial score (nSPS) is 17.9. The quantitative estimate of drug-likeness (QED) is 0.763. The van der Waals surface area contributed by atoms with Crippen LogP contribution in [-0.2, 0) is 15.9 Å². The van der Waals surface area contributed by atoms with Crippen molar-refractivity contribution in [2.75, 3.05) is 26.9 Å². The third kappa shape index (κ3) is 4.44. The minimum absolute atomic E-state index is 0.145. The summed E-state index contributed by atoms with van der Waals surface area (Å²) in [6.07, 6.45) is 1.41. The highest BCUT2D eigenvalue weighted by Crippen LogP contribution is 2.12. The fraction of sp³-hybridized carbons (Fsp3) is 0.500. The first-order valence-corrected chi connectivity index (χ1v) is 6.43. The van der Waals surface area contributed by atoms with Crippen LogP contribution in [0.15, 0.2) is 24.3 Å². The molecule has 2 rings (SSSR count). The van der Waals surface area contributed by atoms with Gasteiger partial charge in [-0.2, -0.15) is 0 Å². The number of alkyl carbamates (subject to hydrolysis) is 1. The van der Waals surface area contributed by atoms with Crippen LogP contribution >= 0.6 is 0 Å². The molecule has 19 heavy (non-hydrogen) atoms. The molecule has 0 radical (unpaired) electrons. The van der Waals surface area contributed by atoms with Crippen LogP contribution in [0.3, 0.4) is 0 Å². The van der Waals surface area contributed by atoms with Crippen LogP contribution in [0, 0.1) is 0 Å². The number of rotatable bonds is 7. The van der Waals surface area contributed by atoms with Gasteiger partial charge in [-0.1, -0.05) is 12.1 Å². The van der Waals surface area contributed by atoms with E-state index >= 15 is 0 Å². The highest BCUT2D eigenvalue weighted by Gasteiger charge is 2.21. The number of amides is 1. The van der Waals surface area contributed by atoms with E-state index in [2.05, 4.69) is 17.4 Å². The Bertz CT molecular complexity index is 404. The lowest BCUT2D eigenvalue weighted by atomic mass is 10.1. The van der Waals surface area contributed by atoms with Crippen LogP contribution in [0.2, 0.25) is 0 Å². The Labute approximate surface area is 112 Å². The summed E-state index contributed by atoms with van der Waals surface area (Å²) in [5, 5.41) is 2.59. The molecule has 0 saturated carbocycles. The van der Waals surface area contributed by atoms with Crippen LogP contribution in [0.25, 0.3) is 0 Å². The number of carbonyl (C=O) groups is 1. The van der Waals surface area contributed by atoms with E-state index in [-0.39, 0.29) is 12.2 Å². The summed E-state index contributed by atoms with van der Waals surface area (Å²) in [5.74, 6) is 0.871. The number of ether oxygens (including phenoxy) is 3. The van der Waals surface area contributed by atoms with Crippen LogP contribution in [0.5, 0.6) is 5.75 Å². The standard InChI is InChI=1S/C14H19NO4/c1-17-12-6-4-11(5-7-12)3-2-8-18-10-13-9-15-14(16)19-13/h4-7,13H,2-3,8-10H2,1H3,(H,15,16). The van der Waals surface area contributed by atoms with E-state index in [0.29, 0.717) is 19.8 Å². The summed E-state index contributed by atoms with van der Waals surface area (Å²) in [6, 6.07) is 8.03. The van der Waals surface area contributed by atoms with Gasteiger partial charge < -0.3 is 19.5 Å². The van der Waals surface area contributed by atoms with Crippen molar-refractivity contribution in [3.8, 4) is 5.75 Å². The zero-order valence-corrected chi connectivity index (χ0v) is 11.1. The van der Waals surface area contributed by atoms with Gasteiger partial charge in [0.05, 0.1) is 20.3 Å². The van der Waals surface area contributed by atoms with Gasteiger partial charge in [0.15, 0.2) is 0 Å². The summed E-state index contributed by atoms with van der Waals surface area (Å²) < 4.78 is 15.6. The number of hydrogen-bond donors (Lipinski definition) is 1. The van der Waals surface area contributed by atoms with E-state index in [1.165, 1.54) is 5.56 Å². The monoisotopic (exact) mass is 265 g/mol. The zero-order valence-electron chi connectivity index (χ0n) is 11.1. The number of aryl methyl sites for hydroxylation is 1. The number of carbonyl (C=O) groups excluding carboxylic acids is 1. The summed E-state index contributed by atoms with van der Waals surface area (Å²) >= 11 is 0. The second kappa shape index (κ2) is 6.99. The van der Waals surface area contributed by atoms with Gasteiger partial charge >= 0.3 is 6.09 Å². The molecule has 1 N–H and O–H groups in total. The molecule has 1 amide bonds. The van der Waals surface area contributed by atoms with Crippen molar-refractivity contribution in [3.05, 3.63) is 29.8 Å². The topological polar surface area (TPSA) is 56.8 Å². The lowest BCUT2D eigenvalue weighted by Crippen LogP contribution is -2.20. The molecule has 1 saturated heterocycles. The average Bonchev–Trinajstić information content (AvgIpc) is 2.85. The molecule has 0 bridgehead atoms. The number of benzene rings is 1. The smallest absolute Gasteiger partial charge is 0.407 e. The molecule has 5 nitrogen and oxygen atoms in total. The van der Waals surface area contributed by atoms with Crippen LogP contribution in [0.4, 0.5) is 4.79 Å². The largest absolute Gasteiger partial charge is 0.497 e. The molecule has 0 aliphatic carbocycles. The predicted molar refractivity (Wildman–Crippen MR) is 70.4 cm³/mol. The molecule has 1 heterocycles. The number of methoxy groups -OCH3 is 1. The molecular formula is C14H19NO4. The maximum absolute atomic E-state index is 10.8. The van der Waals surface area contributed by atoms with E-state index in [9.17, 15) is 4.79 Å². The van der Waals surface area contributed by atoms with Crippen molar-refractivity contribution in [2.24, 2.45) is 0 Å². The summed E-state index contributed by atoms with van der Waals surface area (Å²) in [5.41, 5.74) is 1.26. The lowest BCUT2D eigenvalue weighted by Gasteiger charge is -2.08. The molecule has 0 spiro atoms. The average molecular weight is 265 g/mol. The van der Waals surface area contributed by atoms with E-state index < -0.39 is 0 Å². The third-order valence-electron chi connectivity index (χ3n) is 2.96. The Balaban J connectivity index is 1.57. The Hall–Kier alpha value is -1.75. The van der Waals surface area contributed by atoms with Gasteiger partial charge in [0.2, 0.25) is 0 Å². The van der Waals surface area contributed by atoms with Gasteiger partial charge in [0, 0.05) is 6.61 Å². The van der Waals surface area contributed by atoms with Gasteiger partial charge in [0.25, 0.3) is 0 Å². The van der Waals surface area contributed by atoms with Crippen molar-refractivity contribution in [2.45, 2.75) is 18.9 Å². The molecule has 0 aromatic heterocycles. The van der Waals surface area contributed by atoms with Gasteiger partial charge in [-0.3, -0.25) is 0 Å². The van der Waals surface area contributed by atoms with E-state index in [4.69, 9.17) is 14.2 Å². The predicted octanol–water partition coefficient (Wildman–Crippen LogP) is 1.75. The highest BCUT2D eigenvalue weighted by molar-refractivity contribution is 5.69. The first-order chi connectivity index (χ1) is 9.28. The zero-order chi connectivity index (χ0) is 13.5. The van der Waals surface area contributed by atoms with E-state index in [1.54, 1.807) is 7.11 Å². The Kier molecular flexibility index (Phi) is 5.03. The van der Waals surface area contributed by atoms with Gasteiger partial charge in [-0.15, -0.1) is 0 Å². The van der Waals surface area contributed by atoms with Gasteiger partial charge in [-0.25, -0.2) is 4.79 Å². The van der Waals surface area contributed by atoms with Crippen molar-refractivity contribution >= 4 is 6.09 Å². The Morgan fingerprint density at radius 1 is 1.37 bits per heavy atom. The number of hydrogen-bond acceptors (Lipinski definition) is 4. The first kappa shape index (κ1) is 13.7. The molecule has 1 fully saturated rings. The van der Waals surface area contributed by atoms with Gasteiger partial charge in [0.1, 0.15) is 11.9 Å². The fourth-order valence-corrected chi connectivity index (χ4v) is 1.91. The van der Waals surface area contributed by atoms with Crippen LogP contribution in [0.1, 0.15) is 12.0 Å². The molecule has 5 heteroatoms. The Morgan fingerprint density at radius 2 is 2.16 bits per heavy atom. The highest BCUT2D eigenvalue weighted by atomic mass is 16.6. The van der Waals surface area contributed by atoms with E-state index in [1.807, 2.05) is 12.1 Å². The number of cyclic esters (lactones) is 1.